The van der Waals surface area contributed by atoms with Crippen LogP contribution in [-0.4, -0.2) is 33.9 Å². The van der Waals surface area contributed by atoms with Crippen molar-refractivity contribution in [2.24, 2.45) is 0 Å². The van der Waals surface area contributed by atoms with Gasteiger partial charge in [0.1, 0.15) is 11.3 Å². The van der Waals surface area contributed by atoms with E-state index in [4.69, 9.17) is 14.5 Å². The Morgan fingerprint density at radius 1 is 1.17 bits per heavy atom. The SMILES string of the molecule is O=C(NCCc1nc2cccnc2n1C1CCCC1)Nc1ccc2c(c1)OCO2. The van der Waals surface area contributed by atoms with Gasteiger partial charge >= 0.3 is 6.03 Å². The van der Waals surface area contributed by atoms with Crippen molar-refractivity contribution in [2.45, 2.75) is 38.1 Å². The van der Waals surface area contributed by atoms with Gasteiger partial charge in [-0.25, -0.2) is 14.8 Å². The van der Waals surface area contributed by atoms with Crippen molar-refractivity contribution in [3.8, 4) is 11.5 Å². The molecule has 3 aromatic rings. The van der Waals surface area contributed by atoms with Crippen molar-refractivity contribution in [3.63, 3.8) is 0 Å². The maximum absolute atomic E-state index is 12.3. The van der Waals surface area contributed by atoms with E-state index in [2.05, 4.69) is 20.2 Å². The van der Waals surface area contributed by atoms with E-state index in [1.165, 1.54) is 12.8 Å². The van der Waals surface area contributed by atoms with E-state index in [-0.39, 0.29) is 12.8 Å². The van der Waals surface area contributed by atoms with Gasteiger partial charge in [-0.15, -0.1) is 0 Å². The predicted molar refractivity (Wildman–Crippen MR) is 108 cm³/mol. The third-order valence-corrected chi connectivity index (χ3v) is 5.48. The zero-order valence-corrected chi connectivity index (χ0v) is 16.1. The number of hydrogen-bond donors (Lipinski definition) is 2. The largest absolute Gasteiger partial charge is 0.454 e. The summed E-state index contributed by atoms with van der Waals surface area (Å²) < 4.78 is 12.9. The average molecular weight is 393 g/mol. The van der Waals surface area contributed by atoms with Gasteiger partial charge in [0.25, 0.3) is 0 Å². The number of anilines is 1. The van der Waals surface area contributed by atoms with Gasteiger partial charge in [-0.1, -0.05) is 12.8 Å². The molecule has 0 unspecified atom stereocenters. The van der Waals surface area contributed by atoms with Crippen LogP contribution in [0.5, 0.6) is 11.5 Å². The Bertz CT molecular complexity index is 1040. The van der Waals surface area contributed by atoms with Crippen LogP contribution in [0.3, 0.4) is 0 Å². The highest BCUT2D eigenvalue weighted by Crippen LogP contribution is 2.34. The van der Waals surface area contributed by atoms with Crippen molar-refractivity contribution >= 4 is 22.9 Å². The van der Waals surface area contributed by atoms with E-state index >= 15 is 0 Å². The quantitative estimate of drug-likeness (QED) is 0.691. The zero-order chi connectivity index (χ0) is 19.6. The van der Waals surface area contributed by atoms with Crippen molar-refractivity contribution in [3.05, 3.63) is 42.4 Å². The highest BCUT2D eigenvalue weighted by Gasteiger charge is 2.23. The van der Waals surface area contributed by atoms with Gasteiger partial charge in [0.05, 0.1) is 0 Å². The number of ether oxygens (including phenoxy) is 2. The lowest BCUT2D eigenvalue weighted by Gasteiger charge is -2.16. The van der Waals surface area contributed by atoms with Crippen LogP contribution >= 0.6 is 0 Å². The molecule has 5 rings (SSSR count). The van der Waals surface area contributed by atoms with Gasteiger partial charge in [0.15, 0.2) is 17.1 Å². The summed E-state index contributed by atoms with van der Waals surface area (Å²) in [7, 11) is 0. The Kier molecular flexibility index (Phi) is 4.67. The third-order valence-electron chi connectivity index (χ3n) is 5.48. The first-order valence-electron chi connectivity index (χ1n) is 10.0. The van der Waals surface area contributed by atoms with Crippen LogP contribution in [0.25, 0.3) is 11.2 Å². The third kappa shape index (κ3) is 3.57. The van der Waals surface area contributed by atoms with E-state index in [9.17, 15) is 4.79 Å². The molecule has 0 bridgehead atoms. The van der Waals surface area contributed by atoms with Crippen molar-refractivity contribution < 1.29 is 14.3 Å². The molecular weight excluding hydrogens is 370 g/mol. The molecule has 0 saturated heterocycles. The number of nitrogens with zero attached hydrogens (tertiary/aromatic N) is 3. The molecule has 2 aliphatic rings. The number of amides is 2. The number of hydrogen-bond acceptors (Lipinski definition) is 5. The minimum Gasteiger partial charge on any atom is -0.454 e. The fourth-order valence-corrected chi connectivity index (χ4v) is 4.14. The van der Waals surface area contributed by atoms with Crippen LogP contribution in [0.1, 0.15) is 37.5 Å². The number of imidazole rings is 1. The second-order valence-electron chi connectivity index (χ2n) is 7.38. The Morgan fingerprint density at radius 3 is 2.93 bits per heavy atom. The smallest absolute Gasteiger partial charge is 0.319 e. The summed E-state index contributed by atoms with van der Waals surface area (Å²) in [4.78, 5) is 21.6. The normalized spacial score (nSPS) is 15.7. The second kappa shape index (κ2) is 7.62. The van der Waals surface area contributed by atoms with Crippen LogP contribution < -0.4 is 20.1 Å². The number of carbonyl (C=O) groups is 1. The fourth-order valence-electron chi connectivity index (χ4n) is 4.14. The summed E-state index contributed by atoms with van der Waals surface area (Å²) in [5.74, 6) is 2.31. The van der Waals surface area contributed by atoms with Crippen molar-refractivity contribution in [1.29, 1.82) is 0 Å². The van der Waals surface area contributed by atoms with Crippen LogP contribution in [-0.2, 0) is 6.42 Å². The van der Waals surface area contributed by atoms with Gasteiger partial charge in [-0.05, 0) is 37.1 Å². The first-order valence-corrected chi connectivity index (χ1v) is 10.0. The maximum atomic E-state index is 12.3. The molecule has 0 radical (unpaired) electrons. The molecule has 150 valence electrons. The molecule has 3 heterocycles. The zero-order valence-electron chi connectivity index (χ0n) is 16.1. The van der Waals surface area contributed by atoms with Crippen LogP contribution in [0.4, 0.5) is 10.5 Å². The van der Waals surface area contributed by atoms with Crippen LogP contribution in [0, 0.1) is 0 Å². The van der Waals surface area contributed by atoms with Gasteiger partial charge in [0.2, 0.25) is 6.79 Å². The van der Waals surface area contributed by atoms with Crippen LogP contribution in [0.15, 0.2) is 36.5 Å². The first kappa shape index (κ1) is 17.8. The lowest BCUT2D eigenvalue weighted by atomic mass is 10.2. The minimum absolute atomic E-state index is 0.210. The molecule has 8 nitrogen and oxygen atoms in total. The average Bonchev–Trinajstić information content (AvgIpc) is 3.46. The number of nitrogens with one attached hydrogen (secondary N) is 2. The number of urea groups is 1. The summed E-state index contributed by atoms with van der Waals surface area (Å²) in [5.41, 5.74) is 2.52. The highest BCUT2D eigenvalue weighted by molar-refractivity contribution is 5.89. The Labute approximate surface area is 168 Å². The Morgan fingerprint density at radius 2 is 2.03 bits per heavy atom. The van der Waals surface area contributed by atoms with E-state index in [0.29, 0.717) is 36.2 Å². The molecule has 1 saturated carbocycles. The first-order chi connectivity index (χ1) is 14.3. The summed E-state index contributed by atoms with van der Waals surface area (Å²) >= 11 is 0. The molecule has 1 fully saturated rings. The van der Waals surface area contributed by atoms with Gasteiger partial charge < -0.3 is 24.7 Å². The van der Waals surface area contributed by atoms with E-state index in [1.807, 2.05) is 18.3 Å². The van der Waals surface area contributed by atoms with Crippen molar-refractivity contribution in [2.75, 3.05) is 18.7 Å². The molecule has 1 aliphatic carbocycles. The monoisotopic (exact) mass is 393 g/mol. The standard InChI is InChI=1S/C21H23N5O3/c27-21(24-14-7-8-17-18(12-14)29-13-28-17)23-11-9-19-25-16-6-3-10-22-20(16)26(19)15-4-1-2-5-15/h3,6-8,10,12,15H,1-2,4-5,9,11,13H2,(H2,23,24,27). The van der Waals surface area contributed by atoms with E-state index in [1.54, 1.807) is 18.2 Å². The molecule has 8 heteroatoms. The van der Waals surface area contributed by atoms with Crippen LogP contribution in [0.2, 0.25) is 0 Å². The summed E-state index contributed by atoms with van der Waals surface area (Å²) in [6, 6.07) is 9.44. The Balaban J connectivity index is 1.24. The van der Waals surface area contributed by atoms with Crippen molar-refractivity contribution in [1.82, 2.24) is 19.9 Å². The van der Waals surface area contributed by atoms with E-state index in [0.717, 1.165) is 29.8 Å². The number of fused-ring (bicyclic) bond motifs is 2. The number of benzene rings is 1. The lowest BCUT2D eigenvalue weighted by Crippen LogP contribution is -2.31. The minimum atomic E-state index is -0.259. The maximum Gasteiger partial charge on any atom is 0.319 e. The second-order valence-corrected chi connectivity index (χ2v) is 7.38. The number of aromatic nitrogens is 3. The molecule has 0 spiro atoms. The van der Waals surface area contributed by atoms with Gasteiger partial charge in [-0.3, -0.25) is 0 Å². The van der Waals surface area contributed by atoms with Gasteiger partial charge in [0, 0.05) is 37.0 Å². The topological polar surface area (TPSA) is 90.3 Å². The van der Waals surface area contributed by atoms with Gasteiger partial charge in [-0.2, -0.15) is 0 Å². The number of pyridine rings is 1. The molecule has 1 aliphatic heterocycles. The summed E-state index contributed by atoms with van der Waals surface area (Å²) in [5, 5.41) is 5.74. The number of rotatable bonds is 5. The summed E-state index contributed by atoms with van der Waals surface area (Å²) in [6.07, 6.45) is 7.28. The predicted octanol–water partition coefficient (Wildman–Crippen LogP) is 3.64. The molecule has 29 heavy (non-hydrogen) atoms. The molecule has 2 aromatic heterocycles. The summed E-state index contributed by atoms with van der Waals surface area (Å²) in [6.45, 7) is 0.703. The fraction of sp³-hybridized carbons (Fsp3) is 0.381. The molecule has 1 aromatic carbocycles. The molecule has 0 atom stereocenters. The Hall–Kier alpha value is -3.29. The number of carbonyl (C=O) groups excluding carboxylic acids is 1. The van der Waals surface area contributed by atoms with E-state index < -0.39 is 0 Å². The molecule has 2 amide bonds. The highest BCUT2D eigenvalue weighted by atomic mass is 16.7. The lowest BCUT2D eigenvalue weighted by molar-refractivity contribution is 0.174. The molecule has 2 N–H and O–H groups in total. The molecular formula is C21H23N5O3.